The van der Waals surface area contributed by atoms with Gasteiger partial charge in [-0.25, -0.2) is 4.79 Å². The lowest BCUT2D eigenvalue weighted by Gasteiger charge is -2.24. The zero-order valence-corrected chi connectivity index (χ0v) is 20.7. The fraction of sp³-hybridized carbons (Fsp3) is 0.519. The highest BCUT2D eigenvalue weighted by atomic mass is 19.4. The Balaban J connectivity index is 1.65. The summed E-state index contributed by atoms with van der Waals surface area (Å²) in [6, 6.07) is 12.5. The van der Waals surface area contributed by atoms with Crippen molar-refractivity contribution in [3.05, 3.63) is 59.2 Å². The molecule has 2 N–H and O–H groups in total. The zero-order valence-electron chi connectivity index (χ0n) is 20.7. The number of nitrogens with one attached hydrogen (secondary N) is 2. The first-order valence-electron chi connectivity index (χ1n) is 12.1. The van der Waals surface area contributed by atoms with Crippen LogP contribution in [0.25, 0.3) is 0 Å². The number of hydrogen-bond acceptors (Lipinski definition) is 2. The second-order valence-electron chi connectivity index (χ2n) is 9.87. The summed E-state index contributed by atoms with van der Waals surface area (Å²) >= 11 is 0. The van der Waals surface area contributed by atoms with Crippen LogP contribution < -0.4 is 15.5 Å². The van der Waals surface area contributed by atoms with Crippen LogP contribution >= 0.6 is 0 Å². The minimum atomic E-state index is -4.40. The quantitative estimate of drug-likeness (QED) is 0.405. The van der Waals surface area contributed by atoms with Crippen molar-refractivity contribution in [1.82, 2.24) is 5.32 Å². The van der Waals surface area contributed by atoms with Crippen molar-refractivity contribution in [1.29, 1.82) is 0 Å². The highest BCUT2D eigenvalue weighted by Crippen LogP contribution is 2.40. The fourth-order valence-corrected chi connectivity index (χ4v) is 4.89. The number of nitrogens with zero attached hydrogens (tertiary/aromatic N) is 1. The smallest absolute Gasteiger partial charge is 0.338 e. The molecule has 2 aromatic rings. The summed E-state index contributed by atoms with van der Waals surface area (Å²) in [5.74, 6) is 1.04. The van der Waals surface area contributed by atoms with E-state index in [1.165, 1.54) is 12.1 Å². The largest absolute Gasteiger partial charge is 0.484 e. The molecule has 2 aromatic carbocycles. The van der Waals surface area contributed by atoms with E-state index in [-0.39, 0.29) is 35.4 Å². The summed E-state index contributed by atoms with van der Waals surface area (Å²) in [4.78, 5) is 13.2. The summed E-state index contributed by atoms with van der Waals surface area (Å²) in [5, 5.41) is 6.14. The van der Waals surface area contributed by atoms with E-state index < -0.39 is 6.30 Å². The van der Waals surface area contributed by atoms with E-state index in [4.69, 9.17) is 0 Å². The van der Waals surface area contributed by atoms with Gasteiger partial charge in [-0.15, -0.1) is 0 Å². The standard InChI is InChI=1S/C27H36F3N3O/c1-17(2)22-9-7-10-23(18(3)4)25(22)32-26(34)31-16-20-8-6-11-24(20)19-12-14-21(15-13-19)33(5)27(28,29)30/h7,9-10,12-15,17-18,20,24H,6,8,11,16H2,1-5H3,(H2,31,32,34). The Morgan fingerprint density at radius 2 is 1.59 bits per heavy atom. The van der Waals surface area contributed by atoms with Crippen LogP contribution in [0, 0.1) is 5.92 Å². The normalized spacial score (nSPS) is 18.4. The van der Waals surface area contributed by atoms with Gasteiger partial charge in [0.25, 0.3) is 0 Å². The number of benzene rings is 2. The monoisotopic (exact) mass is 475 g/mol. The SMILES string of the molecule is CC(C)c1cccc(C(C)C)c1NC(=O)NCC1CCCC1c1ccc(N(C)C(F)(F)F)cc1. The molecular weight excluding hydrogens is 439 g/mol. The lowest BCUT2D eigenvalue weighted by Crippen LogP contribution is -2.34. The molecule has 2 atom stereocenters. The molecule has 7 heteroatoms. The number of carbonyl (C=O) groups is 1. The number of para-hydroxylation sites is 1. The fourth-order valence-electron chi connectivity index (χ4n) is 4.89. The minimum Gasteiger partial charge on any atom is -0.338 e. The molecule has 3 rings (SSSR count). The van der Waals surface area contributed by atoms with Gasteiger partial charge in [0.15, 0.2) is 0 Å². The molecule has 0 spiro atoms. The molecule has 0 heterocycles. The molecule has 1 aliphatic rings. The zero-order chi connectivity index (χ0) is 25.0. The third-order valence-corrected chi connectivity index (χ3v) is 6.88. The molecule has 2 amide bonds. The van der Waals surface area contributed by atoms with Crippen LogP contribution in [0.5, 0.6) is 0 Å². The van der Waals surface area contributed by atoms with Crippen LogP contribution in [0.2, 0.25) is 0 Å². The van der Waals surface area contributed by atoms with Crippen molar-refractivity contribution in [2.24, 2.45) is 5.92 Å². The van der Waals surface area contributed by atoms with E-state index in [9.17, 15) is 18.0 Å². The number of hydrogen-bond donors (Lipinski definition) is 2. The number of anilines is 2. The van der Waals surface area contributed by atoms with Crippen molar-refractivity contribution in [3.8, 4) is 0 Å². The van der Waals surface area contributed by atoms with Gasteiger partial charge in [-0.1, -0.05) is 64.4 Å². The van der Waals surface area contributed by atoms with Crippen molar-refractivity contribution in [2.45, 2.75) is 71.0 Å². The van der Waals surface area contributed by atoms with E-state index >= 15 is 0 Å². The number of alkyl halides is 3. The van der Waals surface area contributed by atoms with E-state index in [0.29, 0.717) is 11.4 Å². The number of urea groups is 1. The van der Waals surface area contributed by atoms with Crippen LogP contribution in [0.1, 0.15) is 81.4 Å². The predicted molar refractivity (Wildman–Crippen MR) is 133 cm³/mol. The first-order chi connectivity index (χ1) is 16.0. The Kier molecular flexibility index (Phi) is 8.16. The Bertz CT molecular complexity index is 944. The maximum absolute atomic E-state index is 12.9. The number of halogens is 3. The maximum Gasteiger partial charge on any atom is 0.484 e. The van der Waals surface area contributed by atoms with E-state index in [0.717, 1.165) is 48.7 Å². The molecule has 1 saturated carbocycles. The van der Waals surface area contributed by atoms with Gasteiger partial charge in [0.2, 0.25) is 0 Å². The van der Waals surface area contributed by atoms with Gasteiger partial charge in [0.1, 0.15) is 0 Å². The van der Waals surface area contributed by atoms with Crippen LogP contribution in [-0.2, 0) is 0 Å². The van der Waals surface area contributed by atoms with Crippen LogP contribution in [0.15, 0.2) is 42.5 Å². The van der Waals surface area contributed by atoms with Gasteiger partial charge in [-0.05, 0) is 65.3 Å². The topological polar surface area (TPSA) is 44.4 Å². The van der Waals surface area contributed by atoms with Gasteiger partial charge >= 0.3 is 12.3 Å². The van der Waals surface area contributed by atoms with E-state index in [2.05, 4.69) is 50.5 Å². The van der Waals surface area contributed by atoms with Gasteiger partial charge in [0, 0.05) is 25.0 Å². The first-order valence-corrected chi connectivity index (χ1v) is 12.1. The Labute approximate surface area is 200 Å². The Morgan fingerprint density at radius 1 is 1.00 bits per heavy atom. The van der Waals surface area contributed by atoms with Gasteiger partial charge in [-0.2, -0.15) is 13.2 Å². The average Bonchev–Trinajstić information content (AvgIpc) is 3.25. The van der Waals surface area contributed by atoms with Crippen LogP contribution in [-0.4, -0.2) is 25.9 Å². The number of amides is 2. The molecule has 2 unspecified atom stereocenters. The van der Waals surface area contributed by atoms with E-state index in [1.54, 1.807) is 12.1 Å². The summed E-state index contributed by atoms with van der Waals surface area (Å²) in [6.07, 6.45) is -1.42. The van der Waals surface area contributed by atoms with Crippen molar-refractivity contribution in [2.75, 3.05) is 23.8 Å². The second-order valence-corrected chi connectivity index (χ2v) is 9.87. The average molecular weight is 476 g/mol. The molecule has 0 saturated heterocycles. The molecule has 1 aliphatic carbocycles. The van der Waals surface area contributed by atoms with Gasteiger partial charge < -0.3 is 10.6 Å². The predicted octanol–water partition coefficient (Wildman–Crippen LogP) is 7.59. The lowest BCUT2D eigenvalue weighted by atomic mass is 9.88. The molecule has 186 valence electrons. The molecule has 0 aromatic heterocycles. The highest BCUT2D eigenvalue weighted by Gasteiger charge is 2.35. The van der Waals surface area contributed by atoms with Crippen molar-refractivity contribution in [3.63, 3.8) is 0 Å². The lowest BCUT2D eigenvalue weighted by molar-refractivity contribution is -0.125. The summed E-state index contributed by atoms with van der Waals surface area (Å²) in [5.41, 5.74) is 4.26. The second kappa shape index (κ2) is 10.7. The highest BCUT2D eigenvalue weighted by molar-refractivity contribution is 5.91. The van der Waals surface area contributed by atoms with Crippen LogP contribution in [0.4, 0.5) is 29.3 Å². The number of carbonyl (C=O) groups excluding carboxylic acids is 1. The molecular formula is C27H36F3N3O. The van der Waals surface area contributed by atoms with Crippen molar-refractivity contribution < 1.29 is 18.0 Å². The molecule has 1 fully saturated rings. The summed E-state index contributed by atoms with van der Waals surface area (Å²) in [6.45, 7) is 8.99. The molecule has 4 nitrogen and oxygen atoms in total. The Hall–Kier alpha value is -2.70. The molecule has 0 radical (unpaired) electrons. The third kappa shape index (κ3) is 6.05. The van der Waals surface area contributed by atoms with E-state index in [1.807, 2.05) is 6.07 Å². The summed E-state index contributed by atoms with van der Waals surface area (Å²) < 4.78 is 38.8. The molecule has 34 heavy (non-hydrogen) atoms. The van der Waals surface area contributed by atoms with Gasteiger partial charge in [0.05, 0.1) is 0 Å². The van der Waals surface area contributed by atoms with Crippen LogP contribution in [0.3, 0.4) is 0 Å². The summed E-state index contributed by atoms with van der Waals surface area (Å²) in [7, 11) is 1.03. The number of rotatable bonds is 7. The van der Waals surface area contributed by atoms with Crippen molar-refractivity contribution >= 4 is 17.4 Å². The Morgan fingerprint density at radius 3 is 2.12 bits per heavy atom. The third-order valence-electron chi connectivity index (χ3n) is 6.88. The first kappa shape index (κ1) is 25.9. The molecule has 0 aliphatic heterocycles. The van der Waals surface area contributed by atoms with Gasteiger partial charge in [-0.3, -0.25) is 4.90 Å². The molecule has 0 bridgehead atoms. The minimum absolute atomic E-state index is 0.119. The maximum atomic E-state index is 12.9.